The Morgan fingerprint density at radius 3 is 2.52 bits per heavy atom. The number of amides is 3. The zero-order chi connectivity index (χ0) is 33.8. The second-order valence-electron chi connectivity index (χ2n) is 11.0. The number of sulfonamides is 1. The second kappa shape index (κ2) is 13.7. The van der Waals surface area contributed by atoms with Crippen LogP contribution in [-0.4, -0.2) is 85.2 Å². The Morgan fingerprint density at radius 1 is 0.917 bits per heavy atom. The van der Waals surface area contributed by atoms with Crippen LogP contribution >= 0.6 is 0 Å². The van der Waals surface area contributed by atoms with E-state index in [4.69, 9.17) is 19.2 Å². The fourth-order valence-electron chi connectivity index (χ4n) is 5.29. The van der Waals surface area contributed by atoms with E-state index in [2.05, 4.69) is 21.0 Å². The molecule has 0 unspecified atom stereocenters. The van der Waals surface area contributed by atoms with E-state index in [1.165, 1.54) is 31.4 Å². The summed E-state index contributed by atoms with van der Waals surface area (Å²) < 4.78 is 47.3. The molecule has 0 fully saturated rings. The fourth-order valence-corrected chi connectivity index (χ4v) is 6.71. The number of carbonyl (C=O) groups excluding carboxylic acids is 3. The number of methoxy groups -OCH3 is 1. The molecule has 16 heteroatoms. The summed E-state index contributed by atoms with van der Waals surface area (Å²) in [6.07, 6.45) is 0. The predicted molar refractivity (Wildman–Crippen MR) is 172 cm³/mol. The first kappa shape index (κ1) is 32.5. The third kappa shape index (κ3) is 6.94. The van der Waals surface area contributed by atoms with E-state index in [1.54, 1.807) is 23.7 Å². The first-order valence-corrected chi connectivity index (χ1v) is 16.5. The smallest absolute Gasteiger partial charge is 0.262 e. The van der Waals surface area contributed by atoms with E-state index in [-0.39, 0.29) is 49.0 Å². The number of ether oxygens (including phenoxy) is 3. The lowest BCUT2D eigenvalue weighted by atomic mass is 10.2. The van der Waals surface area contributed by atoms with Crippen LogP contribution in [0, 0.1) is 0 Å². The standard InChI is InChI=1S/C32H33N7O8S/c1-20-31-36-30(21-6-4-3-5-7-21)37-39(31)14-15-46-27-16-22(8-10-26(27)45-2)32(42)33-12-13-38(18-28(40)34-20)48(43,44)23-9-11-25-24(17-23)35-29(41)19-47-25/h3-11,16-17,20H,12-15,18-19H2,1-2H3,(H,33,42)(H,34,40)(H,35,41)/t20-/m1/s1. The summed E-state index contributed by atoms with van der Waals surface area (Å²) in [7, 11) is -2.83. The van der Waals surface area contributed by atoms with Crippen LogP contribution in [-0.2, 0) is 26.2 Å². The average Bonchev–Trinajstić information content (AvgIpc) is 3.51. The Hall–Kier alpha value is -5.48. The van der Waals surface area contributed by atoms with Gasteiger partial charge in [-0.25, -0.2) is 18.1 Å². The van der Waals surface area contributed by atoms with Crippen molar-refractivity contribution in [2.45, 2.75) is 24.4 Å². The minimum Gasteiger partial charge on any atom is -0.493 e. The molecule has 4 aromatic rings. The number of nitrogens with zero attached hydrogens (tertiary/aromatic N) is 4. The van der Waals surface area contributed by atoms with Gasteiger partial charge in [0, 0.05) is 24.2 Å². The van der Waals surface area contributed by atoms with Crippen molar-refractivity contribution >= 4 is 33.4 Å². The summed E-state index contributed by atoms with van der Waals surface area (Å²) in [4.78, 5) is 43.0. The van der Waals surface area contributed by atoms with Gasteiger partial charge in [0.2, 0.25) is 15.9 Å². The molecule has 3 heterocycles. The molecule has 0 aliphatic carbocycles. The topological polar surface area (TPSA) is 183 Å². The molecule has 3 N–H and O–H groups in total. The maximum absolute atomic E-state index is 13.9. The van der Waals surface area contributed by atoms with Crippen molar-refractivity contribution in [1.29, 1.82) is 0 Å². The zero-order valence-corrected chi connectivity index (χ0v) is 27.0. The van der Waals surface area contributed by atoms with Gasteiger partial charge < -0.3 is 30.2 Å². The lowest BCUT2D eigenvalue weighted by molar-refractivity contribution is -0.122. The van der Waals surface area contributed by atoms with E-state index in [0.717, 1.165) is 9.87 Å². The monoisotopic (exact) mass is 675 g/mol. The summed E-state index contributed by atoms with van der Waals surface area (Å²) in [5, 5.41) is 12.8. The van der Waals surface area contributed by atoms with Gasteiger partial charge in [-0.3, -0.25) is 14.4 Å². The van der Waals surface area contributed by atoms with Crippen molar-refractivity contribution in [3.05, 3.63) is 78.1 Å². The van der Waals surface area contributed by atoms with Crippen LogP contribution in [0.2, 0.25) is 0 Å². The van der Waals surface area contributed by atoms with Crippen LogP contribution < -0.4 is 30.2 Å². The number of nitrogens with one attached hydrogen (secondary N) is 3. The third-order valence-electron chi connectivity index (χ3n) is 7.67. The van der Waals surface area contributed by atoms with Crippen LogP contribution in [0.15, 0.2) is 71.6 Å². The van der Waals surface area contributed by atoms with E-state index >= 15 is 0 Å². The van der Waals surface area contributed by atoms with Gasteiger partial charge in [-0.05, 0) is 43.3 Å². The van der Waals surface area contributed by atoms with Gasteiger partial charge in [0.25, 0.3) is 11.8 Å². The molecule has 3 amide bonds. The first-order valence-electron chi connectivity index (χ1n) is 15.1. The molecular weight excluding hydrogens is 642 g/mol. The molecule has 48 heavy (non-hydrogen) atoms. The zero-order valence-electron chi connectivity index (χ0n) is 26.1. The Bertz CT molecular complexity index is 1970. The van der Waals surface area contributed by atoms with Gasteiger partial charge in [-0.15, -0.1) is 0 Å². The van der Waals surface area contributed by atoms with Crippen LogP contribution in [0.4, 0.5) is 5.69 Å². The highest BCUT2D eigenvalue weighted by atomic mass is 32.2. The Kier molecular flexibility index (Phi) is 9.27. The Labute approximate surface area is 276 Å². The predicted octanol–water partition coefficient (Wildman–Crippen LogP) is 1.98. The molecule has 2 aliphatic heterocycles. The molecule has 1 aromatic heterocycles. The normalized spacial score (nSPS) is 17.7. The lowest BCUT2D eigenvalue weighted by Gasteiger charge is -2.24. The summed E-state index contributed by atoms with van der Waals surface area (Å²) in [5.74, 6) is 0.396. The maximum atomic E-state index is 13.9. The fraction of sp³-hybridized carbons (Fsp3) is 0.281. The lowest BCUT2D eigenvalue weighted by Crippen LogP contribution is -2.45. The number of aromatic nitrogens is 3. The van der Waals surface area contributed by atoms with Crippen molar-refractivity contribution < 1.29 is 37.0 Å². The summed E-state index contributed by atoms with van der Waals surface area (Å²) in [6.45, 7) is 0.953. The number of hydrogen-bond acceptors (Lipinski definition) is 10. The quantitative estimate of drug-likeness (QED) is 0.289. The third-order valence-corrected chi connectivity index (χ3v) is 9.51. The van der Waals surface area contributed by atoms with Gasteiger partial charge >= 0.3 is 0 Å². The summed E-state index contributed by atoms with van der Waals surface area (Å²) in [5.41, 5.74) is 1.22. The molecule has 0 spiro atoms. The van der Waals surface area contributed by atoms with E-state index < -0.39 is 40.3 Å². The minimum absolute atomic E-state index is 0.122. The number of rotatable bonds is 4. The summed E-state index contributed by atoms with van der Waals surface area (Å²) in [6, 6.07) is 17.4. The summed E-state index contributed by atoms with van der Waals surface area (Å²) >= 11 is 0. The molecule has 15 nitrogen and oxygen atoms in total. The average molecular weight is 676 g/mol. The maximum Gasteiger partial charge on any atom is 0.262 e. The van der Waals surface area contributed by atoms with Crippen LogP contribution in [0.3, 0.4) is 0 Å². The molecule has 1 atom stereocenters. The molecule has 250 valence electrons. The molecule has 3 aromatic carbocycles. The van der Waals surface area contributed by atoms with Crippen LogP contribution in [0.5, 0.6) is 17.2 Å². The highest BCUT2D eigenvalue weighted by Gasteiger charge is 2.30. The molecule has 0 saturated carbocycles. The van der Waals surface area contributed by atoms with Crippen LogP contribution in [0.1, 0.15) is 29.1 Å². The molecule has 6 rings (SSSR count). The Morgan fingerprint density at radius 2 is 1.73 bits per heavy atom. The van der Waals surface area contributed by atoms with Crippen molar-refractivity contribution in [1.82, 2.24) is 29.7 Å². The molecular formula is C32H33N7O8S. The van der Waals surface area contributed by atoms with Gasteiger partial charge in [-0.2, -0.15) is 9.40 Å². The van der Waals surface area contributed by atoms with E-state index in [9.17, 15) is 22.8 Å². The van der Waals surface area contributed by atoms with Crippen molar-refractivity contribution in [2.24, 2.45) is 0 Å². The van der Waals surface area contributed by atoms with Gasteiger partial charge in [-0.1, -0.05) is 30.3 Å². The Balaban J connectivity index is 1.34. The van der Waals surface area contributed by atoms with Crippen molar-refractivity contribution in [3.8, 4) is 28.6 Å². The highest BCUT2D eigenvalue weighted by molar-refractivity contribution is 7.89. The van der Waals surface area contributed by atoms with Gasteiger partial charge in [0.05, 0.1) is 36.8 Å². The largest absolute Gasteiger partial charge is 0.493 e. The molecule has 2 bridgehead atoms. The minimum atomic E-state index is -4.32. The van der Waals surface area contributed by atoms with Crippen LogP contribution in [0.25, 0.3) is 11.4 Å². The number of fused-ring (bicyclic) bond motifs is 4. The highest BCUT2D eigenvalue weighted by Crippen LogP contribution is 2.32. The number of benzene rings is 3. The van der Waals surface area contributed by atoms with Gasteiger partial charge in [0.15, 0.2) is 23.9 Å². The number of hydrogen-bond donors (Lipinski definition) is 3. The number of carbonyl (C=O) groups is 3. The molecule has 0 radical (unpaired) electrons. The second-order valence-corrected chi connectivity index (χ2v) is 12.9. The SMILES string of the molecule is COc1ccc2cc1OCCn1nc(-c3ccccc3)nc1[C@@H](C)NC(=O)CN(S(=O)(=O)c1ccc3c(c1)NC(=O)CO3)CCNC2=O. The van der Waals surface area contributed by atoms with E-state index in [1.807, 2.05) is 30.3 Å². The van der Waals surface area contributed by atoms with Crippen molar-refractivity contribution in [2.75, 3.05) is 45.3 Å². The molecule has 0 saturated heterocycles. The molecule has 2 aliphatic rings. The first-order chi connectivity index (χ1) is 23.1. The van der Waals surface area contributed by atoms with Gasteiger partial charge in [0.1, 0.15) is 18.2 Å². The van der Waals surface area contributed by atoms with Crippen molar-refractivity contribution in [3.63, 3.8) is 0 Å². The van der Waals surface area contributed by atoms with E-state index in [0.29, 0.717) is 28.9 Å². The number of anilines is 1.